The molecule has 2 N–H and O–H groups in total. The molecule has 3 rings (SSSR count). The zero-order valence-corrected chi connectivity index (χ0v) is 14.1. The number of nitrogens with one attached hydrogen (secondary N) is 2. The van der Waals surface area contributed by atoms with Crippen molar-refractivity contribution in [1.82, 2.24) is 5.32 Å². The fourth-order valence-electron chi connectivity index (χ4n) is 2.63. The highest BCUT2D eigenvalue weighted by molar-refractivity contribution is 5.99. The van der Waals surface area contributed by atoms with E-state index < -0.39 is 18.2 Å². The van der Waals surface area contributed by atoms with Gasteiger partial charge in [0, 0.05) is 11.3 Å². The molecular weight excluding hydrogens is 324 g/mol. The maximum Gasteiger partial charge on any atom is 0.344 e. The van der Waals surface area contributed by atoms with Gasteiger partial charge in [0.1, 0.15) is 5.56 Å². The Morgan fingerprint density at radius 2 is 1.80 bits per heavy atom. The van der Waals surface area contributed by atoms with Crippen LogP contribution in [0.5, 0.6) is 11.5 Å². The molecule has 0 saturated carbocycles. The molecule has 7 heteroatoms. The van der Waals surface area contributed by atoms with Crippen LogP contribution in [0.15, 0.2) is 36.4 Å². The van der Waals surface area contributed by atoms with Crippen LogP contribution in [0.2, 0.25) is 0 Å². The van der Waals surface area contributed by atoms with E-state index in [4.69, 9.17) is 14.2 Å². The average molecular weight is 342 g/mol. The molecule has 0 bridgehead atoms. The highest BCUT2D eigenvalue weighted by atomic mass is 16.6. The number of cyclic esters (lactones) is 1. The number of methoxy groups -OCH3 is 2. The third kappa shape index (κ3) is 3.21. The van der Waals surface area contributed by atoms with Gasteiger partial charge in [-0.3, -0.25) is 5.32 Å². The Balaban J connectivity index is 1.79. The van der Waals surface area contributed by atoms with Crippen molar-refractivity contribution in [2.75, 3.05) is 19.5 Å². The molecule has 0 radical (unpaired) electrons. The topological polar surface area (TPSA) is 85.9 Å². The highest BCUT2D eigenvalue weighted by Crippen LogP contribution is 2.40. The van der Waals surface area contributed by atoms with Crippen molar-refractivity contribution in [3.05, 3.63) is 53.1 Å². The SMILES string of the molecule is COc1ccc2c(c1OC)C(=O)OC2NC(=O)Nc1ccc(C)cc1. The fraction of sp³-hybridized carbons (Fsp3) is 0.222. The van der Waals surface area contributed by atoms with E-state index >= 15 is 0 Å². The Kier molecular flexibility index (Phi) is 4.47. The van der Waals surface area contributed by atoms with Gasteiger partial charge in [-0.05, 0) is 31.2 Å². The first kappa shape index (κ1) is 16.6. The molecule has 0 spiro atoms. The van der Waals surface area contributed by atoms with E-state index in [0.29, 0.717) is 17.0 Å². The van der Waals surface area contributed by atoms with Gasteiger partial charge in [0.25, 0.3) is 0 Å². The van der Waals surface area contributed by atoms with E-state index in [1.54, 1.807) is 24.3 Å². The molecule has 1 unspecified atom stereocenters. The summed E-state index contributed by atoms with van der Waals surface area (Å²) >= 11 is 0. The molecule has 2 aromatic carbocycles. The Labute approximate surface area is 144 Å². The summed E-state index contributed by atoms with van der Waals surface area (Å²) in [6.45, 7) is 1.96. The number of ether oxygens (including phenoxy) is 3. The van der Waals surface area contributed by atoms with Crippen molar-refractivity contribution in [2.24, 2.45) is 0 Å². The van der Waals surface area contributed by atoms with Crippen molar-refractivity contribution in [2.45, 2.75) is 13.2 Å². The Morgan fingerprint density at radius 3 is 2.44 bits per heavy atom. The number of rotatable bonds is 4. The van der Waals surface area contributed by atoms with Crippen molar-refractivity contribution in [3.8, 4) is 11.5 Å². The van der Waals surface area contributed by atoms with Crippen LogP contribution < -0.4 is 20.1 Å². The van der Waals surface area contributed by atoms with Crippen molar-refractivity contribution >= 4 is 17.7 Å². The Hall–Kier alpha value is -3.22. The van der Waals surface area contributed by atoms with E-state index in [2.05, 4.69) is 10.6 Å². The number of carbonyl (C=O) groups excluding carboxylic acids is 2. The molecule has 0 aromatic heterocycles. The van der Waals surface area contributed by atoms with Gasteiger partial charge in [-0.15, -0.1) is 0 Å². The first-order valence-electron chi connectivity index (χ1n) is 7.63. The number of hydrogen-bond donors (Lipinski definition) is 2. The lowest BCUT2D eigenvalue weighted by molar-refractivity contribution is 0.0340. The van der Waals surface area contributed by atoms with Crippen LogP contribution in [0.4, 0.5) is 10.5 Å². The van der Waals surface area contributed by atoms with Gasteiger partial charge in [-0.2, -0.15) is 0 Å². The number of amides is 2. The molecule has 0 aliphatic carbocycles. The molecule has 25 heavy (non-hydrogen) atoms. The lowest BCUT2D eigenvalue weighted by Gasteiger charge is -2.14. The summed E-state index contributed by atoms with van der Waals surface area (Å²) in [6, 6.07) is 10.2. The standard InChI is InChI=1S/C18H18N2O5/c1-10-4-6-11(7-5-10)19-18(22)20-16-12-8-9-13(23-2)15(24-3)14(12)17(21)25-16/h4-9,16H,1-3H3,(H2,19,20,22). The lowest BCUT2D eigenvalue weighted by Crippen LogP contribution is -2.32. The number of urea groups is 1. The Morgan fingerprint density at radius 1 is 1.08 bits per heavy atom. The maximum atomic E-state index is 12.2. The molecule has 1 aliphatic rings. The monoisotopic (exact) mass is 342 g/mol. The molecule has 0 fully saturated rings. The molecule has 7 nitrogen and oxygen atoms in total. The number of fused-ring (bicyclic) bond motifs is 1. The minimum Gasteiger partial charge on any atom is -0.493 e. The Bertz CT molecular complexity index is 817. The molecule has 1 aliphatic heterocycles. The third-order valence-corrected chi connectivity index (χ3v) is 3.86. The van der Waals surface area contributed by atoms with Gasteiger partial charge < -0.3 is 19.5 Å². The summed E-state index contributed by atoms with van der Waals surface area (Å²) < 4.78 is 15.7. The molecule has 2 aromatic rings. The van der Waals surface area contributed by atoms with Gasteiger partial charge in [0.15, 0.2) is 11.5 Å². The largest absolute Gasteiger partial charge is 0.493 e. The van der Waals surface area contributed by atoms with E-state index in [0.717, 1.165) is 5.56 Å². The molecule has 1 heterocycles. The summed E-state index contributed by atoms with van der Waals surface area (Å²) in [5, 5.41) is 5.32. The quantitative estimate of drug-likeness (QED) is 0.834. The second-order valence-corrected chi connectivity index (χ2v) is 5.52. The van der Waals surface area contributed by atoms with Crippen molar-refractivity contribution < 1.29 is 23.8 Å². The minimum absolute atomic E-state index is 0.252. The van der Waals surface area contributed by atoms with Crippen LogP contribution in [0.25, 0.3) is 0 Å². The zero-order valence-electron chi connectivity index (χ0n) is 14.1. The number of anilines is 1. The smallest absolute Gasteiger partial charge is 0.344 e. The number of hydrogen-bond acceptors (Lipinski definition) is 5. The minimum atomic E-state index is -0.896. The van der Waals surface area contributed by atoms with Crippen LogP contribution in [0.3, 0.4) is 0 Å². The lowest BCUT2D eigenvalue weighted by atomic mass is 10.1. The molecule has 130 valence electrons. The van der Waals surface area contributed by atoms with Crippen LogP contribution in [-0.4, -0.2) is 26.2 Å². The summed E-state index contributed by atoms with van der Waals surface area (Å²) in [5.41, 5.74) is 2.50. The van der Waals surface area contributed by atoms with Gasteiger partial charge in [-0.25, -0.2) is 9.59 Å². The first-order chi connectivity index (χ1) is 12.0. The van der Waals surface area contributed by atoms with Gasteiger partial charge in [0.2, 0.25) is 6.23 Å². The fourth-order valence-corrected chi connectivity index (χ4v) is 2.63. The van der Waals surface area contributed by atoms with Crippen LogP contribution in [0.1, 0.15) is 27.7 Å². The van der Waals surface area contributed by atoms with E-state index in [1.165, 1.54) is 14.2 Å². The summed E-state index contributed by atoms with van der Waals surface area (Å²) in [5.74, 6) is 0.127. The molecule has 2 amide bonds. The van der Waals surface area contributed by atoms with Gasteiger partial charge in [-0.1, -0.05) is 17.7 Å². The van der Waals surface area contributed by atoms with Crippen LogP contribution in [-0.2, 0) is 4.74 Å². The maximum absolute atomic E-state index is 12.2. The van der Waals surface area contributed by atoms with E-state index in [1.807, 2.05) is 19.1 Å². The van der Waals surface area contributed by atoms with E-state index in [9.17, 15) is 9.59 Å². The number of esters is 1. The normalized spacial score (nSPS) is 15.2. The van der Waals surface area contributed by atoms with Crippen molar-refractivity contribution in [1.29, 1.82) is 0 Å². The first-order valence-corrected chi connectivity index (χ1v) is 7.63. The van der Waals surface area contributed by atoms with Gasteiger partial charge in [0.05, 0.1) is 14.2 Å². The second kappa shape index (κ2) is 6.72. The third-order valence-electron chi connectivity index (χ3n) is 3.86. The van der Waals surface area contributed by atoms with Gasteiger partial charge >= 0.3 is 12.0 Å². The molecule has 1 atom stereocenters. The predicted molar refractivity (Wildman–Crippen MR) is 91.0 cm³/mol. The summed E-state index contributed by atoms with van der Waals surface area (Å²) in [4.78, 5) is 24.3. The van der Waals surface area contributed by atoms with Crippen molar-refractivity contribution in [3.63, 3.8) is 0 Å². The second-order valence-electron chi connectivity index (χ2n) is 5.52. The average Bonchev–Trinajstić information content (AvgIpc) is 2.91. The number of aryl methyl sites for hydroxylation is 1. The summed E-state index contributed by atoms with van der Waals surface area (Å²) in [6.07, 6.45) is -0.896. The highest BCUT2D eigenvalue weighted by Gasteiger charge is 2.36. The van der Waals surface area contributed by atoms with Crippen LogP contribution >= 0.6 is 0 Å². The molecular formula is C18H18N2O5. The van der Waals surface area contributed by atoms with E-state index in [-0.39, 0.29) is 11.3 Å². The zero-order chi connectivity index (χ0) is 18.0. The molecule has 0 saturated heterocycles. The predicted octanol–water partition coefficient (Wildman–Crippen LogP) is 3.00. The van der Waals surface area contributed by atoms with Crippen LogP contribution in [0, 0.1) is 6.92 Å². The number of carbonyl (C=O) groups is 2. The number of benzene rings is 2. The summed E-state index contributed by atoms with van der Waals surface area (Å²) in [7, 11) is 2.92.